The fraction of sp³-hybridized carbons (Fsp3) is 0.176. The Morgan fingerprint density at radius 1 is 1.17 bits per heavy atom. The summed E-state index contributed by atoms with van der Waals surface area (Å²) in [6, 6.07) is 9.47. The monoisotopic (exact) mass is 349 g/mol. The third kappa shape index (κ3) is 4.39. The Morgan fingerprint density at radius 3 is 2.58 bits per heavy atom. The molecule has 0 unspecified atom stereocenters. The van der Waals surface area contributed by atoms with E-state index >= 15 is 0 Å². The molecule has 0 aliphatic rings. The van der Waals surface area contributed by atoms with Crippen LogP contribution < -0.4 is 14.8 Å². The van der Waals surface area contributed by atoms with E-state index in [1.165, 1.54) is 25.3 Å². The fourth-order valence-corrected chi connectivity index (χ4v) is 2.20. The second-order valence-electron chi connectivity index (χ2n) is 4.99. The molecule has 0 radical (unpaired) electrons. The molecule has 0 bridgehead atoms. The number of methoxy groups -OCH3 is 1. The summed E-state index contributed by atoms with van der Waals surface area (Å²) in [5.74, 6) is -1.07. The zero-order chi connectivity index (χ0) is 17.7. The largest absolute Gasteiger partial charge is 0.495 e. The van der Waals surface area contributed by atoms with Gasteiger partial charge in [0, 0.05) is 5.02 Å². The normalized spacial score (nSPS) is 10.1. The Kier molecular flexibility index (Phi) is 5.65. The van der Waals surface area contributed by atoms with E-state index in [0.29, 0.717) is 16.5 Å². The number of carbonyl (C=O) groups is 2. The zero-order valence-electron chi connectivity index (χ0n) is 13.1. The highest BCUT2D eigenvalue weighted by Crippen LogP contribution is 2.26. The van der Waals surface area contributed by atoms with Crippen LogP contribution in [0, 0.1) is 6.92 Å². The van der Waals surface area contributed by atoms with Gasteiger partial charge in [-0.15, -0.1) is 0 Å². The van der Waals surface area contributed by atoms with Gasteiger partial charge in [-0.2, -0.15) is 0 Å². The molecule has 0 spiro atoms. The molecular weight excluding hydrogens is 334 g/mol. The number of ether oxygens (including phenoxy) is 2. The lowest BCUT2D eigenvalue weighted by molar-refractivity contribution is -0.118. The predicted octanol–water partition coefficient (Wildman–Crippen LogP) is 3.37. The standard InChI is InChI=1S/C17H16ClNO5/c1-10-3-6-14(23-2)13(7-10)19-16(20)9-24-15-8-11(18)4-5-12(15)17(21)22/h3-8H,9H2,1-2H3,(H,19,20)(H,21,22). The van der Waals surface area contributed by atoms with Gasteiger partial charge in [-0.05, 0) is 42.8 Å². The Bertz CT molecular complexity index is 776. The molecular formula is C17H16ClNO5. The Hall–Kier alpha value is -2.73. The van der Waals surface area contributed by atoms with Crippen LogP contribution in [-0.4, -0.2) is 30.7 Å². The van der Waals surface area contributed by atoms with Gasteiger partial charge >= 0.3 is 5.97 Å². The number of rotatable bonds is 6. The van der Waals surface area contributed by atoms with Crippen molar-refractivity contribution < 1.29 is 24.2 Å². The lowest BCUT2D eigenvalue weighted by atomic mass is 10.2. The van der Waals surface area contributed by atoms with Gasteiger partial charge in [0.15, 0.2) is 6.61 Å². The fourth-order valence-electron chi connectivity index (χ4n) is 2.04. The number of hydrogen-bond acceptors (Lipinski definition) is 4. The number of nitrogens with one attached hydrogen (secondary N) is 1. The quantitative estimate of drug-likeness (QED) is 0.835. The van der Waals surface area contributed by atoms with Crippen LogP contribution in [0.2, 0.25) is 5.02 Å². The van der Waals surface area contributed by atoms with Crippen molar-refractivity contribution in [2.24, 2.45) is 0 Å². The first-order chi connectivity index (χ1) is 11.4. The molecule has 1 amide bonds. The summed E-state index contributed by atoms with van der Waals surface area (Å²) >= 11 is 5.83. The van der Waals surface area contributed by atoms with Crippen LogP contribution >= 0.6 is 11.6 Å². The molecule has 0 heterocycles. The molecule has 24 heavy (non-hydrogen) atoms. The molecule has 0 aliphatic carbocycles. The van der Waals surface area contributed by atoms with Crippen LogP contribution in [0.4, 0.5) is 5.69 Å². The molecule has 2 aromatic carbocycles. The summed E-state index contributed by atoms with van der Waals surface area (Å²) in [4.78, 5) is 23.2. The maximum absolute atomic E-state index is 12.1. The first kappa shape index (κ1) is 17.6. The Labute approximate surface area is 144 Å². The Morgan fingerprint density at radius 2 is 1.92 bits per heavy atom. The second-order valence-corrected chi connectivity index (χ2v) is 5.42. The molecule has 0 saturated heterocycles. The van der Waals surface area contributed by atoms with Gasteiger partial charge in [0.25, 0.3) is 5.91 Å². The number of aromatic carboxylic acids is 1. The number of hydrogen-bond donors (Lipinski definition) is 2. The minimum Gasteiger partial charge on any atom is -0.495 e. The van der Waals surface area contributed by atoms with Crippen LogP contribution in [0.25, 0.3) is 0 Å². The summed E-state index contributed by atoms with van der Waals surface area (Å²) in [6.45, 7) is 1.52. The molecule has 126 valence electrons. The van der Waals surface area contributed by atoms with E-state index in [9.17, 15) is 9.59 Å². The number of carboxylic acids is 1. The molecule has 0 aromatic heterocycles. The summed E-state index contributed by atoms with van der Waals surface area (Å²) in [5, 5.41) is 12.1. The third-order valence-electron chi connectivity index (χ3n) is 3.16. The lowest BCUT2D eigenvalue weighted by Crippen LogP contribution is -2.21. The molecule has 0 fully saturated rings. The number of aryl methyl sites for hydroxylation is 1. The number of halogens is 1. The summed E-state index contributed by atoms with van der Waals surface area (Å²) in [5.41, 5.74) is 1.39. The van der Waals surface area contributed by atoms with Crippen molar-refractivity contribution in [1.82, 2.24) is 0 Å². The third-order valence-corrected chi connectivity index (χ3v) is 3.40. The van der Waals surface area contributed by atoms with Crippen molar-refractivity contribution in [3.8, 4) is 11.5 Å². The maximum Gasteiger partial charge on any atom is 0.339 e. The minimum atomic E-state index is -1.16. The van der Waals surface area contributed by atoms with E-state index in [4.69, 9.17) is 26.2 Å². The van der Waals surface area contributed by atoms with Gasteiger partial charge in [0.05, 0.1) is 12.8 Å². The van der Waals surface area contributed by atoms with Crippen molar-refractivity contribution in [3.05, 3.63) is 52.5 Å². The van der Waals surface area contributed by atoms with Crippen molar-refractivity contribution >= 4 is 29.2 Å². The van der Waals surface area contributed by atoms with Gasteiger partial charge in [-0.3, -0.25) is 4.79 Å². The van der Waals surface area contributed by atoms with E-state index < -0.39 is 11.9 Å². The molecule has 0 aliphatic heterocycles. The summed E-state index contributed by atoms with van der Waals surface area (Å²) in [7, 11) is 1.50. The molecule has 2 N–H and O–H groups in total. The van der Waals surface area contributed by atoms with Crippen LogP contribution in [0.5, 0.6) is 11.5 Å². The van der Waals surface area contributed by atoms with Gasteiger partial charge in [-0.1, -0.05) is 17.7 Å². The van der Waals surface area contributed by atoms with Crippen molar-refractivity contribution in [2.75, 3.05) is 19.0 Å². The first-order valence-corrected chi connectivity index (χ1v) is 7.38. The van der Waals surface area contributed by atoms with Gasteiger partial charge in [0.2, 0.25) is 0 Å². The van der Waals surface area contributed by atoms with Gasteiger partial charge < -0.3 is 19.9 Å². The van der Waals surface area contributed by atoms with Crippen LogP contribution in [0.3, 0.4) is 0 Å². The van der Waals surface area contributed by atoms with Crippen LogP contribution in [0.1, 0.15) is 15.9 Å². The van der Waals surface area contributed by atoms with Crippen LogP contribution in [0.15, 0.2) is 36.4 Å². The minimum absolute atomic E-state index is 0.0290. The van der Waals surface area contributed by atoms with E-state index in [1.807, 2.05) is 13.0 Å². The highest BCUT2D eigenvalue weighted by molar-refractivity contribution is 6.30. The maximum atomic E-state index is 12.1. The Balaban J connectivity index is 2.08. The van der Waals surface area contributed by atoms with E-state index in [1.54, 1.807) is 12.1 Å². The number of amides is 1. The summed E-state index contributed by atoms with van der Waals surface area (Å²) < 4.78 is 10.5. The van der Waals surface area contributed by atoms with E-state index in [2.05, 4.69) is 5.32 Å². The molecule has 2 rings (SSSR count). The SMILES string of the molecule is COc1ccc(C)cc1NC(=O)COc1cc(Cl)ccc1C(=O)O. The summed E-state index contributed by atoms with van der Waals surface area (Å²) in [6.07, 6.45) is 0. The van der Waals surface area contributed by atoms with Crippen LogP contribution in [-0.2, 0) is 4.79 Å². The number of carbonyl (C=O) groups excluding carboxylic acids is 1. The van der Waals surface area contributed by atoms with Crippen molar-refractivity contribution in [2.45, 2.75) is 6.92 Å². The lowest BCUT2D eigenvalue weighted by Gasteiger charge is -2.12. The highest BCUT2D eigenvalue weighted by Gasteiger charge is 2.14. The number of carboxylic acid groups (broad SMARTS) is 1. The smallest absolute Gasteiger partial charge is 0.339 e. The average Bonchev–Trinajstić information content (AvgIpc) is 2.53. The average molecular weight is 350 g/mol. The zero-order valence-corrected chi connectivity index (χ0v) is 13.9. The number of benzene rings is 2. The topological polar surface area (TPSA) is 84.9 Å². The highest BCUT2D eigenvalue weighted by atomic mass is 35.5. The van der Waals surface area contributed by atoms with Gasteiger partial charge in [-0.25, -0.2) is 4.79 Å². The molecule has 0 saturated carbocycles. The first-order valence-electron chi connectivity index (χ1n) is 7.01. The van der Waals surface area contributed by atoms with Gasteiger partial charge in [0.1, 0.15) is 17.1 Å². The van der Waals surface area contributed by atoms with Crippen molar-refractivity contribution in [1.29, 1.82) is 0 Å². The molecule has 2 aromatic rings. The molecule has 6 nitrogen and oxygen atoms in total. The predicted molar refractivity (Wildman–Crippen MR) is 90.3 cm³/mol. The van der Waals surface area contributed by atoms with E-state index in [-0.39, 0.29) is 17.9 Å². The van der Waals surface area contributed by atoms with Crippen molar-refractivity contribution in [3.63, 3.8) is 0 Å². The number of anilines is 1. The molecule has 7 heteroatoms. The second kappa shape index (κ2) is 7.70. The van der Waals surface area contributed by atoms with E-state index in [0.717, 1.165) is 5.56 Å². The molecule has 0 atom stereocenters.